The normalized spacial score (nSPS) is 23.4. The molecule has 4 atom stereocenters. The molecule has 50 heavy (non-hydrogen) atoms. The number of carbonyl (C=O) groups excluding carboxylic acids is 5. The third kappa shape index (κ3) is 11.7. The number of fused-ring (bicyclic) bond motifs is 2. The first-order valence-corrected chi connectivity index (χ1v) is 17.6. The minimum atomic E-state index is -1.02. The SMILES string of the molecule is COc1ccc2cc1OCC(=O)NCCC[C@H](NC(=O)[C@H]1CCCNC1)C(=O)N[C@@H](Cc1ccccc1)C(=O)N[C@H](C(C)C)C(=O)NCCC2. The second-order valence-corrected chi connectivity index (χ2v) is 13.2. The summed E-state index contributed by atoms with van der Waals surface area (Å²) in [6, 6.07) is 12.0. The molecule has 0 saturated carbocycles. The van der Waals surface area contributed by atoms with Gasteiger partial charge in [-0.05, 0) is 74.2 Å². The smallest absolute Gasteiger partial charge is 0.257 e. The number of amides is 5. The number of carbonyl (C=O) groups is 5. The molecule has 6 N–H and O–H groups in total. The summed E-state index contributed by atoms with van der Waals surface area (Å²) in [7, 11) is 1.52. The predicted octanol–water partition coefficient (Wildman–Crippen LogP) is 1.39. The summed E-state index contributed by atoms with van der Waals surface area (Å²) < 4.78 is 11.2. The van der Waals surface area contributed by atoms with Gasteiger partial charge in [0.05, 0.1) is 13.0 Å². The van der Waals surface area contributed by atoms with Gasteiger partial charge in [-0.2, -0.15) is 0 Å². The molecule has 0 unspecified atom stereocenters. The van der Waals surface area contributed by atoms with Crippen LogP contribution in [0.25, 0.3) is 0 Å². The van der Waals surface area contributed by atoms with Crippen LogP contribution < -0.4 is 41.4 Å². The zero-order chi connectivity index (χ0) is 35.9. The number of piperidine rings is 1. The van der Waals surface area contributed by atoms with E-state index in [9.17, 15) is 24.0 Å². The van der Waals surface area contributed by atoms with E-state index in [4.69, 9.17) is 9.47 Å². The van der Waals surface area contributed by atoms with Crippen LogP contribution in [-0.2, 0) is 36.8 Å². The Morgan fingerprint density at radius 1 is 0.900 bits per heavy atom. The fraction of sp³-hybridized carbons (Fsp3) is 0.541. The van der Waals surface area contributed by atoms with Gasteiger partial charge in [0.1, 0.15) is 18.1 Å². The van der Waals surface area contributed by atoms with E-state index in [1.165, 1.54) is 7.11 Å². The van der Waals surface area contributed by atoms with Crippen LogP contribution in [0.1, 0.15) is 57.1 Å². The summed E-state index contributed by atoms with van der Waals surface area (Å²) in [6.45, 7) is 5.42. The second kappa shape index (κ2) is 19.5. The molecule has 0 aromatic heterocycles. The summed E-state index contributed by atoms with van der Waals surface area (Å²) in [4.78, 5) is 67.1. The number of ether oxygens (including phenoxy) is 2. The van der Waals surface area contributed by atoms with E-state index in [1.54, 1.807) is 6.07 Å². The Hall–Kier alpha value is -4.65. The summed E-state index contributed by atoms with van der Waals surface area (Å²) in [5, 5.41) is 17.7. The van der Waals surface area contributed by atoms with Crippen molar-refractivity contribution in [3.63, 3.8) is 0 Å². The number of nitrogens with one attached hydrogen (secondary N) is 6. The van der Waals surface area contributed by atoms with Crippen molar-refractivity contribution in [3.05, 3.63) is 59.7 Å². The molecular weight excluding hydrogens is 640 g/mol. The molecule has 0 aliphatic carbocycles. The maximum atomic E-state index is 13.9. The first kappa shape index (κ1) is 38.2. The molecule has 0 radical (unpaired) electrons. The average molecular weight is 693 g/mol. The summed E-state index contributed by atoms with van der Waals surface area (Å²) in [5.41, 5.74) is 1.77. The lowest BCUT2D eigenvalue weighted by atomic mass is 9.97. The zero-order valence-corrected chi connectivity index (χ0v) is 29.3. The predicted molar refractivity (Wildman–Crippen MR) is 188 cm³/mol. The topological polar surface area (TPSA) is 176 Å². The van der Waals surface area contributed by atoms with Gasteiger partial charge in [-0.25, -0.2) is 0 Å². The maximum Gasteiger partial charge on any atom is 0.257 e. The average Bonchev–Trinajstić information content (AvgIpc) is 3.12. The summed E-state index contributed by atoms with van der Waals surface area (Å²) >= 11 is 0. The highest BCUT2D eigenvalue weighted by Gasteiger charge is 2.32. The minimum Gasteiger partial charge on any atom is -0.493 e. The quantitative estimate of drug-likeness (QED) is 0.263. The molecule has 2 aromatic rings. The van der Waals surface area contributed by atoms with Gasteiger partial charge in [0.15, 0.2) is 18.1 Å². The van der Waals surface area contributed by atoms with Crippen LogP contribution in [-0.4, -0.2) is 87.6 Å². The van der Waals surface area contributed by atoms with E-state index in [1.807, 2.05) is 56.3 Å². The Labute approximate surface area is 294 Å². The van der Waals surface area contributed by atoms with Crippen LogP contribution in [0.15, 0.2) is 48.5 Å². The zero-order valence-electron chi connectivity index (χ0n) is 29.3. The third-order valence-corrected chi connectivity index (χ3v) is 8.98. The summed E-state index contributed by atoms with van der Waals surface area (Å²) in [5.74, 6) is -1.54. The van der Waals surface area contributed by atoms with Crippen molar-refractivity contribution >= 4 is 29.5 Å². The van der Waals surface area contributed by atoms with Crippen molar-refractivity contribution in [3.8, 4) is 11.5 Å². The molecule has 272 valence electrons. The Kier molecular flexibility index (Phi) is 14.9. The molecule has 2 aliphatic rings. The standard InChI is InChI=1S/C37H52N6O7/c1-24(2)33-37(48)40-19-7-12-26-15-16-30(49-3)31(21-26)50-23-32(44)39-18-9-14-28(41-34(45)27-13-8-17-38-22-27)35(46)42-29(36(47)43-33)20-25-10-5-4-6-11-25/h4-6,10-11,15-16,21,24,27-29,33,38H,7-9,12-14,17-20,22-23H2,1-3H3,(H,39,44)(H,40,48)(H,41,45)(H,42,46)(H,43,47)/t27-,28-,29-,33+/m0/s1. The lowest BCUT2D eigenvalue weighted by molar-refractivity contribution is -0.135. The van der Waals surface area contributed by atoms with Crippen molar-refractivity contribution in [1.29, 1.82) is 0 Å². The van der Waals surface area contributed by atoms with Crippen LogP contribution in [0, 0.1) is 11.8 Å². The molecule has 1 fully saturated rings. The minimum absolute atomic E-state index is 0.179. The molecule has 13 nitrogen and oxygen atoms in total. The largest absolute Gasteiger partial charge is 0.493 e. The van der Waals surface area contributed by atoms with E-state index in [-0.39, 0.29) is 55.6 Å². The third-order valence-electron chi connectivity index (χ3n) is 8.98. The molecule has 2 aromatic carbocycles. The Bertz CT molecular complexity index is 1450. The number of rotatable bonds is 6. The van der Waals surface area contributed by atoms with Gasteiger partial charge >= 0.3 is 0 Å². The fourth-order valence-electron chi connectivity index (χ4n) is 6.09. The molecule has 13 heteroatoms. The van der Waals surface area contributed by atoms with Crippen LogP contribution in [0.4, 0.5) is 0 Å². The van der Waals surface area contributed by atoms with E-state index in [2.05, 4.69) is 31.9 Å². The Balaban J connectivity index is 1.58. The Morgan fingerprint density at radius 2 is 1.66 bits per heavy atom. The van der Waals surface area contributed by atoms with Crippen LogP contribution in [0.2, 0.25) is 0 Å². The first-order chi connectivity index (χ1) is 24.1. The van der Waals surface area contributed by atoms with E-state index in [0.717, 1.165) is 24.1 Å². The van der Waals surface area contributed by atoms with E-state index in [0.29, 0.717) is 50.3 Å². The highest BCUT2D eigenvalue weighted by Crippen LogP contribution is 2.28. The lowest BCUT2D eigenvalue weighted by Gasteiger charge is -2.28. The van der Waals surface area contributed by atoms with Gasteiger partial charge in [-0.3, -0.25) is 24.0 Å². The number of benzene rings is 2. The van der Waals surface area contributed by atoms with Crippen LogP contribution in [0.5, 0.6) is 11.5 Å². The number of hydrogen-bond donors (Lipinski definition) is 6. The van der Waals surface area contributed by atoms with Crippen molar-refractivity contribution in [1.82, 2.24) is 31.9 Å². The van der Waals surface area contributed by atoms with Gasteiger partial charge in [0.25, 0.3) is 5.91 Å². The van der Waals surface area contributed by atoms with Crippen LogP contribution >= 0.6 is 0 Å². The molecule has 2 heterocycles. The highest BCUT2D eigenvalue weighted by molar-refractivity contribution is 5.94. The number of hydrogen-bond acceptors (Lipinski definition) is 8. The molecule has 4 rings (SSSR count). The van der Waals surface area contributed by atoms with Gasteiger partial charge < -0.3 is 41.4 Å². The lowest BCUT2D eigenvalue weighted by Crippen LogP contribution is -2.58. The van der Waals surface area contributed by atoms with Crippen molar-refractivity contribution in [2.24, 2.45) is 11.8 Å². The molecule has 2 bridgehead atoms. The van der Waals surface area contributed by atoms with Gasteiger partial charge in [0.2, 0.25) is 23.6 Å². The number of aryl methyl sites for hydroxylation is 1. The molecule has 0 spiro atoms. The molecule has 1 saturated heterocycles. The van der Waals surface area contributed by atoms with E-state index < -0.39 is 29.9 Å². The summed E-state index contributed by atoms with van der Waals surface area (Å²) in [6.07, 6.45) is 3.57. The molecule has 2 aliphatic heterocycles. The Morgan fingerprint density at radius 3 is 2.38 bits per heavy atom. The van der Waals surface area contributed by atoms with Crippen molar-refractivity contribution in [2.45, 2.75) is 76.9 Å². The van der Waals surface area contributed by atoms with Gasteiger partial charge in [-0.15, -0.1) is 0 Å². The highest BCUT2D eigenvalue weighted by atomic mass is 16.5. The monoisotopic (exact) mass is 692 g/mol. The maximum absolute atomic E-state index is 13.9. The van der Waals surface area contributed by atoms with Crippen molar-refractivity contribution in [2.75, 3.05) is 39.9 Å². The molecule has 5 amide bonds. The van der Waals surface area contributed by atoms with Gasteiger partial charge in [0, 0.05) is 26.1 Å². The second-order valence-electron chi connectivity index (χ2n) is 13.2. The molecular formula is C37H52N6O7. The van der Waals surface area contributed by atoms with E-state index >= 15 is 0 Å². The van der Waals surface area contributed by atoms with Crippen LogP contribution in [0.3, 0.4) is 0 Å². The van der Waals surface area contributed by atoms with Crippen molar-refractivity contribution < 1.29 is 33.4 Å². The first-order valence-electron chi connectivity index (χ1n) is 17.6. The van der Waals surface area contributed by atoms with Gasteiger partial charge in [-0.1, -0.05) is 50.2 Å². The number of methoxy groups -OCH3 is 1. The fourth-order valence-corrected chi connectivity index (χ4v) is 6.09.